The molecule has 21 heavy (non-hydrogen) atoms. The summed E-state index contributed by atoms with van der Waals surface area (Å²) in [6.07, 6.45) is 2.11. The molecule has 2 nitrogen and oxygen atoms in total. The van der Waals surface area contributed by atoms with Gasteiger partial charge in [0.2, 0.25) is 0 Å². The van der Waals surface area contributed by atoms with Crippen molar-refractivity contribution in [2.45, 2.75) is 0 Å². The molecule has 0 saturated heterocycles. The summed E-state index contributed by atoms with van der Waals surface area (Å²) >= 11 is 1.74. The van der Waals surface area contributed by atoms with Gasteiger partial charge < -0.3 is 10.1 Å². The van der Waals surface area contributed by atoms with Crippen molar-refractivity contribution in [2.24, 2.45) is 0 Å². The van der Waals surface area contributed by atoms with Gasteiger partial charge in [-0.25, -0.2) is 4.39 Å². The Balaban J connectivity index is 2.05. The maximum atomic E-state index is 13.5. The molecule has 0 aromatic heterocycles. The van der Waals surface area contributed by atoms with Crippen molar-refractivity contribution in [3.05, 3.63) is 59.4 Å². The molecule has 0 bridgehead atoms. The lowest BCUT2D eigenvalue weighted by molar-refractivity contribution is 0.475. The Hall–Kier alpha value is -1.78. The van der Waals surface area contributed by atoms with Gasteiger partial charge in [-0.1, -0.05) is 18.2 Å². The lowest BCUT2D eigenvalue weighted by Crippen LogP contribution is -2.09. The molecule has 1 aliphatic rings. The summed E-state index contributed by atoms with van der Waals surface area (Å²) in [7, 11) is 1.93. The van der Waals surface area contributed by atoms with E-state index in [2.05, 4.69) is 11.4 Å². The quantitative estimate of drug-likeness (QED) is 0.847. The highest BCUT2D eigenvalue weighted by Gasteiger charge is 2.17. The van der Waals surface area contributed by atoms with Crippen molar-refractivity contribution in [3.63, 3.8) is 0 Å². The van der Waals surface area contributed by atoms with E-state index in [0.29, 0.717) is 5.75 Å². The Kier molecular flexibility index (Phi) is 4.27. The zero-order valence-corrected chi connectivity index (χ0v) is 12.5. The average Bonchev–Trinajstić information content (AvgIpc) is 2.63. The van der Waals surface area contributed by atoms with Crippen molar-refractivity contribution in [1.29, 1.82) is 0 Å². The molecule has 1 heterocycles. The molecule has 0 radical (unpaired) electrons. The fraction of sp³-hybridized carbons (Fsp3) is 0.176. The van der Waals surface area contributed by atoms with Gasteiger partial charge in [0.1, 0.15) is 17.3 Å². The van der Waals surface area contributed by atoms with Gasteiger partial charge in [-0.05, 0) is 31.3 Å². The average molecular weight is 301 g/mol. The second-order valence-corrected chi connectivity index (χ2v) is 5.88. The molecule has 108 valence electrons. The maximum absolute atomic E-state index is 13.5. The van der Waals surface area contributed by atoms with Crippen LogP contribution in [0.5, 0.6) is 11.5 Å². The van der Waals surface area contributed by atoms with E-state index in [1.54, 1.807) is 17.8 Å². The number of halogens is 1. The van der Waals surface area contributed by atoms with E-state index in [-0.39, 0.29) is 5.82 Å². The van der Waals surface area contributed by atoms with Gasteiger partial charge in [-0.2, -0.15) is 0 Å². The molecule has 1 aliphatic heterocycles. The number of nitrogens with one attached hydrogen (secondary N) is 1. The van der Waals surface area contributed by atoms with Gasteiger partial charge in [0, 0.05) is 34.4 Å². The fourth-order valence-electron chi connectivity index (χ4n) is 2.20. The lowest BCUT2D eigenvalue weighted by atomic mass is 10.1. The first-order valence-corrected chi connectivity index (χ1v) is 7.82. The summed E-state index contributed by atoms with van der Waals surface area (Å²) in [4.78, 5) is 1.10. The first-order valence-electron chi connectivity index (χ1n) is 6.84. The third-order valence-corrected chi connectivity index (χ3v) is 4.30. The Morgan fingerprint density at radius 2 is 2.00 bits per heavy atom. The smallest absolute Gasteiger partial charge is 0.138 e. The van der Waals surface area contributed by atoms with Crippen LogP contribution in [0.2, 0.25) is 0 Å². The largest absolute Gasteiger partial charge is 0.456 e. The van der Waals surface area contributed by atoms with E-state index in [1.165, 1.54) is 12.1 Å². The topological polar surface area (TPSA) is 21.3 Å². The van der Waals surface area contributed by atoms with Crippen LogP contribution in [-0.4, -0.2) is 19.3 Å². The number of ether oxygens (including phenoxy) is 1. The number of benzene rings is 2. The summed E-state index contributed by atoms with van der Waals surface area (Å²) in [5.41, 5.74) is 1.95. The van der Waals surface area contributed by atoms with Crippen LogP contribution in [0.25, 0.3) is 11.0 Å². The van der Waals surface area contributed by atoms with E-state index in [9.17, 15) is 4.39 Å². The molecule has 3 rings (SSSR count). The van der Waals surface area contributed by atoms with Crippen molar-refractivity contribution in [3.8, 4) is 11.5 Å². The fourth-order valence-corrected chi connectivity index (χ4v) is 3.26. The van der Waals surface area contributed by atoms with Gasteiger partial charge in [-0.15, -0.1) is 11.8 Å². The Morgan fingerprint density at radius 3 is 2.86 bits per heavy atom. The van der Waals surface area contributed by atoms with Crippen LogP contribution in [0.3, 0.4) is 0 Å². The Labute approximate surface area is 128 Å². The number of hydrogen-bond donors (Lipinski definition) is 1. The monoisotopic (exact) mass is 301 g/mol. The summed E-state index contributed by atoms with van der Waals surface area (Å²) in [6.45, 7) is 0.918. The minimum atomic E-state index is -0.285. The first-order chi connectivity index (χ1) is 10.3. The van der Waals surface area contributed by atoms with Gasteiger partial charge in [-0.3, -0.25) is 0 Å². The SMILES string of the molecule is CNCCSC1=Cc2ccccc2Oc2cc(F)ccc21. The van der Waals surface area contributed by atoms with Crippen LogP contribution < -0.4 is 10.1 Å². The zero-order valence-electron chi connectivity index (χ0n) is 11.7. The number of fused-ring (bicyclic) bond motifs is 2. The first kappa shape index (κ1) is 14.2. The van der Waals surface area contributed by atoms with Crippen LogP contribution in [0.1, 0.15) is 11.1 Å². The molecule has 2 aromatic rings. The zero-order chi connectivity index (χ0) is 14.7. The molecule has 0 aliphatic carbocycles. The highest BCUT2D eigenvalue weighted by atomic mass is 32.2. The van der Waals surface area contributed by atoms with Crippen molar-refractivity contribution in [2.75, 3.05) is 19.3 Å². The summed E-state index contributed by atoms with van der Waals surface area (Å²) in [5, 5.41) is 3.14. The summed E-state index contributed by atoms with van der Waals surface area (Å²) in [5.74, 6) is 1.99. The highest BCUT2D eigenvalue weighted by Crippen LogP contribution is 2.42. The third kappa shape index (κ3) is 3.12. The molecule has 0 amide bonds. The van der Waals surface area contributed by atoms with Crippen molar-refractivity contribution in [1.82, 2.24) is 5.32 Å². The van der Waals surface area contributed by atoms with Crippen molar-refractivity contribution >= 4 is 22.7 Å². The van der Waals surface area contributed by atoms with Crippen LogP contribution in [-0.2, 0) is 0 Å². The van der Waals surface area contributed by atoms with Gasteiger partial charge in [0.15, 0.2) is 0 Å². The van der Waals surface area contributed by atoms with Crippen molar-refractivity contribution < 1.29 is 9.13 Å². The van der Waals surface area contributed by atoms with Crippen LogP contribution in [0.15, 0.2) is 42.5 Å². The minimum absolute atomic E-state index is 0.285. The number of hydrogen-bond acceptors (Lipinski definition) is 3. The van der Waals surface area contributed by atoms with Gasteiger partial charge >= 0.3 is 0 Å². The molecule has 0 saturated carbocycles. The molecular weight excluding hydrogens is 285 g/mol. The lowest BCUT2D eigenvalue weighted by Gasteiger charge is -2.11. The Morgan fingerprint density at radius 1 is 1.14 bits per heavy atom. The van der Waals surface area contributed by atoms with Crippen LogP contribution in [0, 0.1) is 5.82 Å². The molecule has 0 spiro atoms. The predicted molar refractivity (Wildman–Crippen MR) is 87.2 cm³/mol. The highest BCUT2D eigenvalue weighted by molar-refractivity contribution is 8.08. The number of rotatable bonds is 4. The summed E-state index contributed by atoms with van der Waals surface area (Å²) in [6, 6.07) is 12.5. The van der Waals surface area contributed by atoms with Gasteiger partial charge in [0.05, 0.1) is 0 Å². The normalized spacial score (nSPS) is 12.8. The molecule has 0 fully saturated rings. The molecule has 0 unspecified atom stereocenters. The van der Waals surface area contributed by atoms with E-state index in [4.69, 9.17) is 4.74 Å². The maximum Gasteiger partial charge on any atom is 0.138 e. The van der Waals surface area contributed by atoms with E-state index >= 15 is 0 Å². The minimum Gasteiger partial charge on any atom is -0.456 e. The van der Waals surface area contributed by atoms with Gasteiger partial charge in [0.25, 0.3) is 0 Å². The molecular formula is C17H16FNOS. The third-order valence-electron chi connectivity index (χ3n) is 3.24. The molecule has 4 heteroatoms. The number of thioether (sulfide) groups is 1. The predicted octanol–water partition coefficient (Wildman–Crippen LogP) is 4.38. The van der Waals surface area contributed by atoms with E-state index < -0.39 is 0 Å². The second kappa shape index (κ2) is 6.33. The van der Waals surface area contributed by atoms with Crippen LogP contribution in [0.4, 0.5) is 4.39 Å². The summed E-state index contributed by atoms with van der Waals surface area (Å²) < 4.78 is 19.4. The van der Waals surface area contributed by atoms with E-state index in [0.717, 1.165) is 34.1 Å². The molecule has 2 aromatic carbocycles. The second-order valence-electron chi connectivity index (χ2n) is 4.74. The molecule has 0 atom stereocenters. The standard InChI is InChI=1S/C17H16FNOS/c1-19-8-9-21-17-10-12-4-2-3-5-15(12)20-16-11-13(18)6-7-14(16)17/h2-7,10-11,19H,8-9H2,1H3. The Bertz CT molecular complexity index is 684. The van der Waals surface area contributed by atoms with E-state index in [1.807, 2.05) is 31.3 Å². The number of para-hydroxylation sites is 1. The molecule has 1 N–H and O–H groups in total. The van der Waals surface area contributed by atoms with Crippen LogP contribution >= 0.6 is 11.8 Å².